The fourth-order valence-electron chi connectivity index (χ4n) is 1.21. The van der Waals surface area contributed by atoms with Crippen molar-refractivity contribution in [2.24, 2.45) is 0 Å². The van der Waals surface area contributed by atoms with Gasteiger partial charge in [-0.25, -0.2) is 0 Å². The highest BCUT2D eigenvalue weighted by Gasteiger charge is 2.15. The number of hydrogen-bond acceptors (Lipinski definition) is 3. The average molecular weight is 190 g/mol. The lowest BCUT2D eigenvalue weighted by molar-refractivity contribution is 0.00153. The Morgan fingerprint density at radius 2 is 1.46 bits per heavy atom. The van der Waals surface area contributed by atoms with Crippen molar-refractivity contribution in [1.29, 1.82) is 0 Å². The van der Waals surface area contributed by atoms with E-state index in [-0.39, 0.29) is 0 Å². The van der Waals surface area contributed by atoms with Crippen molar-refractivity contribution in [2.75, 3.05) is 0 Å². The number of hydrogen-bond donors (Lipinski definition) is 3. The fourth-order valence-corrected chi connectivity index (χ4v) is 1.21. The monoisotopic (exact) mass is 190 g/mol. The summed E-state index contributed by atoms with van der Waals surface area (Å²) >= 11 is 0. The van der Waals surface area contributed by atoms with Gasteiger partial charge in [-0.15, -0.1) is 0 Å². The molecule has 0 heterocycles. The van der Waals surface area contributed by atoms with E-state index < -0.39 is 18.3 Å². The highest BCUT2D eigenvalue weighted by atomic mass is 16.3. The Morgan fingerprint density at radius 1 is 0.923 bits per heavy atom. The number of unbranched alkanes of at least 4 members (excludes halogenated alkanes) is 1. The highest BCUT2D eigenvalue weighted by Crippen LogP contribution is 2.10. The van der Waals surface area contributed by atoms with Crippen molar-refractivity contribution < 1.29 is 15.3 Å². The summed E-state index contributed by atoms with van der Waals surface area (Å²) in [4.78, 5) is 0. The quantitative estimate of drug-likeness (QED) is 0.562. The zero-order valence-corrected chi connectivity index (χ0v) is 8.61. The molecule has 0 saturated heterocycles. The topological polar surface area (TPSA) is 60.7 Å². The van der Waals surface area contributed by atoms with Crippen LogP contribution in [0.4, 0.5) is 0 Å². The van der Waals surface area contributed by atoms with Crippen LogP contribution in [0, 0.1) is 0 Å². The molecule has 0 bridgehead atoms. The van der Waals surface area contributed by atoms with E-state index in [1.54, 1.807) is 6.92 Å². The normalized spacial score (nSPS) is 18.2. The Morgan fingerprint density at radius 3 is 1.92 bits per heavy atom. The maximum absolute atomic E-state index is 9.43. The molecule has 3 atom stereocenters. The third-order valence-corrected chi connectivity index (χ3v) is 2.18. The predicted molar refractivity (Wildman–Crippen MR) is 52.5 cm³/mol. The van der Waals surface area contributed by atoms with Crippen molar-refractivity contribution in [2.45, 2.75) is 64.3 Å². The molecule has 0 amide bonds. The van der Waals surface area contributed by atoms with E-state index in [4.69, 9.17) is 5.11 Å². The molecule has 0 aromatic heterocycles. The van der Waals surface area contributed by atoms with Crippen molar-refractivity contribution >= 4 is 0 Å². The average Bonchev–Trinajstić information content (AvgIpc) is 2.10. The van der Waals surface area contributed by atoms with E-state index in [2.05, 4.69) is 6.92 Å². The molecule has 0 fully saturated rings. The molecule has 0 saturated carbocycles. The van der Waals surface area contributed by atoms with E-state index in [0.717, 1.165) is 12.8 Å². The van der Waals surface area contributed by atoms with Crippen LogP contribution < -0.4 is 0 Å². The van der Waals surface area contributed by atoms with Crippen molar-refractivity contribution in [3.8, 4) is 0 Å². The summed E-state index contributed by atoms with van der Waals surface area (Å²) in [5.41, 5.74) is 0. The molecule has 3 nitrogen and oxygen atoms in total. The first-order chi connectivity index (χ1) is 6.07. The van der Waals surface area contributed by atoms with Crippen LogP contribution in [0.25, 0.3) is 0 Å². The van der Waals surface area contributed by atoms with Gasteiger partial charge in [0.15, 0.2) is 0 Å². The van der Waals surface area contributed by atoms with Gasteiger partial charge >= 0.3 is 0 Å². The van der Waals surface area contributed by atoms with Gasteiger partial charge in [-0.1, -0.05) is 19.8 Å². The molecule has 0 aliphatic rings. The molecule has 3 N–H and O–H groups in total. The van der Waals surface area contributed by atoms with Crippen LogP contribution in [0.15, 0.2) is 0 Å². The van der Waals surface area contributed by atoms with Crippen LogP contribution in [-0.2, 0) is 0 Å². The first kappa shape index (κ1) is 12.9. The standard InChI is InChI=1S/C10H22O3/c1-3-4-5-9(12)10(13)7-6-8(2)11/h8-13H,3-7H2,1-2H3. The number of rotatable bonds is 7. The molecule has 0 aromatic rings. The Balaban J connectivity index is 3.50. The summed E-state index contributed by atoms with van der Waals surface area (Å²) in [6.07, 6.45) is 1.94. The summed E-state index contributed by atoms with van der Waals surface area (Å²) in [5, 5.41) is 27.8. The second-order valence-corrected chi connectivity index (χ2v) is 3.70. The minimum absolute atomic E-state index is 0.395. The Hall–Kier alpha value is -0.120. The molecule has 3 unspecified atom stereocenters. The van der Waals surface area contributed by atoms with Gasteiger partial charge in [0.25, 0.3) is 0 Å². The predicted octanol–water partition coefficient (Wildman–Crippen LogP) is 1.06. The lowest BCUT2D eigenvalue weighted by Gasteiger charge is -2.17. The summed E-state index contributed by atoms with van der Waals surface area (Å²) in [6.45, 7) is 3.74. The van der Waals surface area contributed by atoms with E-state index in [0.29, 0.717) is 19.3 Å². The molecular formula is C10H22O3. The van der Waals surface area contributed by atoms with Gasteiger partial charge in [0.2, 0.25) is 0 Å². The third-order valence-electron chi connectivity index (χ3n) is 2.18. The maximum Gasteiger partial charge on any atom is 0.0800 e. The van der Waals surface area contributed by atoms with Crippen LogP contribution >= 0.6 is 0 Å². The van der Waals surface area contributed by atoms with Crippen LogP contribution in [0.2, 0.25) is 0 Å². The van der Waals surface area contributed by atoms with Crippen LogP contribution in [-0.4, -0.2) is 33.6 Å². The summed E-state index contributed by atoms with van der Waals surface area (Å²) in [5.74, 6) is 0. The van der Waals surface area contributed by atoms with Crippen LogP contribution in [0.3, 0.4) is 0 Å². The smallest absolute Gasteiger partial charge is 0.0800 e. The number of aliphatic hydroxyl groups is 3. The molecule has 0 radical (unpaired) electrons. The molecule has 0 aromatic carbocycles. The van der Waals surface area contributed by atoms with Crippen LogP contribution in [0.1, 0.15) is 46.0 Å². The first-order valence-corrected chi connectivity index (χ1v) is 5.12. The summed E-state index contributed by atoms with van der Waals surface area (Å²) < 4.78 is 0. The van der Waals surface area contributed by atoms with Gasteiger partial charge in [0.05, 0.1) is 18.3 Å². The zero-order valence-electron chi connectivity index (χ0n) is 8.61. The molecule has 13 heavy (non-hydrogen) atoms. The SMILES string of the molecule is CCCCC(O)C(O)CCC(C)O. The summed E-state index contributed by atoms with van der Waals surface area (Å²) in [6, 6.07) is 0. The van der Waals surface area contributed by atoms with Crippen molar-refractivity contribution in [3.05, 3.63) is 0 Å². The Labute approximate surface area is 80.4 Å². The highest BCUT2D eigenvalue weighted by molar-refractivity contribution is 4.68. The van der Waals surface area contributed by atoms with Crippen molar-refractivity contribution in [3.63, 3.8) is 0 Å². The van der Waals surface area contributed by atoms with Crippen molar-refractivity contribution in [1.82, 2.24) is 0 Å². The Bertz CT molecular complexity index is 115. The molecule has 3 heteroatoms. The van der Waals surface area contributed by atoms with E-state index in [1.807, 2.05) is 0 Å². The largest absolute Gasteiger partial charge is 0.393 e. The minimum Gasteiger partial charge on any atom is -0.393 e. The van der Waals surface area contributed by atoms with Gasteiger partial charge < -0.3 is 15.3 Å². The van der Waals surface area contributed by atoms with E-state index in [1.165, 1.54) is 0 Å². The van der Waals surface area contributed by atoms with Gasteiger partial charge in [-0.3, -0.25) is 0 Å². The fraction of sp³-hybridized carbons (Fsp3) is 1.00. The summed E-state index contributed by atoms with van der Waals surface area (Å²) in [7, 11) is 0. The van der Waals surface area contributed by atoms with E-state index >= 15 is 0 Å². The van der Waals surface area contributed by atoms with Gasteiger partial charge in [0, 0.05) is 0 Å². The van der Waals surface area contributed by atoms with Gasteiger partial charge in [-0.2, -0.15) is 0 Å². The lowest BCUT2D eigenvalue weighted by atomic mass is 10.0. The van der Waals surface area contributed by atoms with Gasteiger partial charge in [-0.05, 0) is 26.2 Å². The molecule has 0 aliphatic carbocycles. The molecule has 0 aliphatic heterocycles. The molecular weight excluding hydrogens is 168 g/mol. The minimum atomic E-state index is -0.679. The molecule has 80 valence electrons. The molecule has 0 spiro atoms. The Kier molecular flexibility index (Phi) is 7.23. The van der Waals surface area contributed by atoms with E-state index in [9.17, 15) is 10.2 Å². The lowest BCUT2D eigenvalue weighted by Crippen LogP contribution is -2.26. The van der Waals surface area contributed by atoms with Gasteiger partial charge in [0.1, 0.15) is 0 Å². The molecule has 0 rings (SSSR count). The second kappa shape index (κ2) is 7.30. The second-order valence-electron chi connectivity index (χ2n) is 3.70. The zero-order chi connectivity index (χ0) is 10.3. The number of aliphatic hydroxyl groups excluding tert-OH is 3. The maximum atomic E-state index is 9.43. The third kappa shape index (κ3) is 6.99. The first-order valence-electron chi connectivity index (χ1n) is 5.12. The van der Waals surface area contributed by atoms with Crippen LogP contribution in [0.5, 0.6) is 0 Å².